The predicted molar refractivity (Wildman–Crippen MR) is 98.7 cm³/mol. The van der Waals surface area contributed by atoms with Crippen LogP contribution in [0.2, 0.25) is 0 Å². The summed E-state index contributed by atoms with van der Waals surface area (Å²) in [6.07, 6.45) is 10.6. The predicted octanol–water partition coefficient (Wildman–Crippen LogP) is 3.34. The van der Waals surface area contributed by atoms with Gasteiger partial charge in [0.1, 0.15) is 5.88 Å². The molecule has 0 N–H and O–H groups in total. The molecule has 0 fully saturated rings. The van der Waals surface area contributed by atoms with Gasteiger partial charge in [-0.15, -0.1) is 11.6 Å². The van der Waals surface area contributed by atoms with Crippen molar-refractivity contribution in [3.05, 3.63) is 53.1 Å². The Hall–Kier alpha value is -1.81. The highest BCUT2D eigenvalue weighted by Crippen LogP contribution is 2.25. The van der Waals surface area contributed by atoms with Gasteiger partial charge in [-0.25, -0.2) is 4.98 Å². The molecule has 0 bridgehead atoms. The fourth-order valence-corrected chi connectivity index (χ4v) is 4.34. The summed E-state index contributed by atoms with van der Waals surface area (Å²) in [5.41, 5.74) is 5.41. The first-order valence-electron chi connectivity index (χ1n) is 9.19. The van der Waals surface area contributed by atoms with Crippen LogP contribution in [0.4, 0.5) is 0 Å². The highest BCUT2D eigenvalue weighted by Gasteiger charge is 2.27. The van der Waals surface area contributed by atoms with E-state index in [4.69, 9.17) is 11.6 Å². The number of nitrogens with zero attached hydrogens (tertiary/aromatic N) is 3. The van der Waals surface area contributed by atoms with Crippen molar-refractivity contribution in [1.29, 1.82) is 0 Å². The summed E-state index contributed by atoms with van der Waals surface area (Å²) in [6.45, 7) is 1.45. The molecule has 2 aromatic rings. The molecule has 2 aliphatic rings. The van der Waals surface area contributed by atoms with E-state index in [1.54, 1.807) is 0 Å². The molecule has 132 valence electrons. The average molecular weight is 358 g/mol. The van der Waals surface area contributed by atoms with Gasteiger partial charge >= 0.3 is 0 Å². The average Bonchev–Trinajstić information content (AvgIpc) is 3.13. The highest BCUT2D eigenvalue weighted by molar-refractivity contribution is 6.27. The largest absolute Gasteiger partial charge is 0.333 e. The maximum absolute atomic E-state index is 12.5. The number of aromatic nitrogens is 2. The van der Waals surface area contributed by atoms with E-state index in [0.717, 1.165) is 25.8 Å². The van der Waals surface area contributed by atoms with E-state index in [1.165, 1.54) is 41.6 Å². The number of hydrogen-bond donors (Lipinski definition) is 0. The molecule has 1 unspecified atom stereocenters. The Morgan fingerprint density at radius 3 is 2.92 bits per heavy atom. The number of carbonyl (C=O) groups excluding carboxylic acids is 1. The number of benzene rings is 1. The van der Waals surface area contributed by atoms with E-state index in [2.05, 4.69) is 27.8 Å². The molecule has 5 heteroatoms. The Balaban J connectivity index is 1.55. The Bertz CT molecular complexity index is 770. The summed E-state index contributed by atoms with van der Waals surface area (Å²) >= 11 is 5.92. The molecule has 1 amide bonds. The van der Waals surface area contributed by atoms with Crippen LogP contribution < -0.4 is 0 Å². The molecule has 0 radical (unpaired) electrons. The Kier molecular flexibility index (Phi) is 4.80. The van der Waals surface area contributed by atoms with Gasteiger partial charge in [-0.2, -0.15) is 0 Å². The number of aryl methyl sites for hydroxylation is 3. The Labute approximate surface area is 153 Å². The molecule has 0 saturated carbocycles. The minimum Gasteiger partial charge on any atom is -0.333 e. The quantitative estimate of drug-likeness (QED) is 0.787. The van der Waals surface area contributed by atoms with Crippen LogP contribution in [0.5, 0.6) is 0 Å². The van der Waals surface area contributed by atoms with Crippen molar-refractivity contribution in [2.24, 2.45) is 0 Å². The van der Waals surface area contributed by atoms with Crippen LogP contribution >= 0.6 is 11.6 Å². The second-order valence-electron chi connectivity index (χ2n) is 7.20. The number of fused-ring (bicyclic) bond motifs is 2. The highest BCUT2D eigenvalue weighted by atomic mass is 35.5. The summed E-state index contributed by atoms with van der Waals surface area (Å²) in [5.74, 6) is 0.0612. The van der Waals surface area contributed by atoms with Gasteiger partial charge in [0.15, 0.2) is 0 Å². The lowest BCUT2D eigenvalue weighted by Gasteiger charge is -2.35. The number of alkyl halides is 1. The third-order valence-corrected chi connectivity index (χ3v) is 5.81. The minimum absolute atomic E-state index is 0.0213. The molecule has 4 rings (SSSR count). The maximum atomic E-state index is 12.5. The molecule has 0 saturated heterocycles. The monoisotopic (exact) mass is 357 g/mol. The van der Waals surface area contributed by atoms with Crippen LogP contribution in [0.3, 0.4) is 0 Å². The van der Waals surface area contributed by atoms with E-state index in [1.807, 2.05) is 17.4 Å². The zero-order valence-corrected chi connectivity index (χ0v) is 15.2. The molecular formula is C20H24ClN3O. The molecule has 4 nitrogen and oxygen atoms in total. The van der Waals surface area contributed by atoms with E-state index < -0.39 is 0 Å². The Morgan fingerprint density at radius 2 is 2.08 bits per heavy atom. The molecule has 25 heavy (non-hydrogen) atoms. The van der Waals surface area contributed by atoms with Crippen molar-refractivity contribution in [3.63, 3.8) is 0 Å². The lowest BCUT2D eigenvalue weighted by molar-refractivity contribution is -0.132. The van der Waals surface area contributed by atoms with E-state index in [9.17, 15) is 4.79 Å². The lowest BCUT2D eigenvalue weighted by Crippen LogP contribution is -2.45. The van der Waals surface area contributed by atoms with E-state index in [0.29, 0.717) is 6.54 Å². The third kappa shape index (κ3) is 3.45. The molecular weight excluding hydrogens is 334 g/mol. The van der Waals surface area contributed by atoms with Gasteiger partial charge in [0.05, 0.1) is 12.4 Å². The summed E-state index contributed by atoms with van der Waals surface area (Å²) in [6, 6.07) is 6.92. The summed E-state index contributed by atoms with van der Waals surface area (Å²) < 4.78 is 2.16. The number of amides is 1. The molecule has 0 spiro atoms. The van der Waals surface area contributed by atoms with Gasteiger partial charge in [0.25, 0.3) is 0 Å². The summed E-state index contributed by atoms with van der Waals surface area (Å²) in [4.78, 5) is 18.7. The van der Waals surface area contributed by atoms with Crippen LogP contribution in [0.1, 0.15) is 41.6 Å². The molecule has 1 aliphatic carbocycles. The van der Waals surface area contributed by atoms with Crippen molar-refractivity contribution < 1.29 is 4.79 Å². The van der Waals surface area contributed by atoms with Crippen molar-refractivity contribution in [2.75, 3.05) is 5.88 Å². The number of hydrogen-bond acceptors (Lipinski definition) is 2. The van der Waals surface area contributed by atoms with Crippen LogP contribution in [0, 0.1) is 0 Å². The number of rotatable bonds is 4. The number of halogens is 1. The normalized spacial score (nSPS) is 19.2. The standard InChI is InChI=1S/C20H24ClN3O/c21-10-20(25)24(19-8-7-18-11-22-14-23(18)13-19)12-15-5-6-16-3-1-2-4-17(16)9-15/h5-6,9,11,14,19H,1-4,7-8,10,12-13H2. The fraction of sp³-hybridized carbons (Fsp3) is 0.500. The molecule has 2 heterocycles. The second-order valence-corrected chi connectivity index (χ2v) is 7.46. The van der Waals surface area contributed by atoms with Gasteiger partial charge in [0.2, 0.25) is 5.91 Å². The molecule has 1 aromatic carbocycles. The lowest BCUT2D eigenvalue weighted by atomic mass is 9.90. The molecule has 1 aromatic heterocycles. The van der Waals surface area contributed by atoms with Crippen molar-refractivity contribution in [3.8, 4) is 0 Å². The van der Waals surface area contributed by atoms with Crippen molar-refractivity contribution in [1.82, 2.24) is 14.5 Å². The first-order valence-corrected chi connectivity index (χ1v) is 9.73. The number of carbonyl (C=O) groups is 1. The molecule has 1 atom stereocenters. The van der Waals surface area contributed by atoms with Crippen molar-refractivity contribution in [2.45, 2.75) is 57.7 Å². The van der Waals surface area contributed by atoms with Gasteiger partial charge in [-0.3, -0.25) is 4.79 Å². The molecule has 1 aliphatic heterocycles. The van der Waals surface area contributed by atoms with Crippen LogP contribution in [0.15, 0.2) is 30.7 Å². The zero-order valence-electron chi connectivity index (χ0n) is 14.5. The summed E-state index contributed by atoms with van der Waals surface area (Å²) in [5, 5.41) is 0. The van der Waals surface area contributed by atoms with Crippen LogP contribution in [0.25, 0.3) is 0 Å². The third-order valence-electron chi connectivity index (χ3n) is 5.58. The van der Waals surface area contributed by atoms with E-state index in [-0.39, 0.29) is 17.8 Å². The zero-order chi connectivity index (χ0) is 17.2. The summed E-state index contributed by atoms with van der Waals surface area (Å²) in [7, 11) is 0. The van der Waals surface area contributed by atoms with Crippen molar-refractivity contribution >= 4 is 17.5 Å². The smallest absolute Gasteiger partial charge is 0.238 e. The first kappa shape index (κ1) is 16.6. The van der Waals surface area contributed by atoms with Gasteiger partial charge in [0, 0.05) is 25.0 Å². The number of imidazole rings is 1. The maximum Gasteiger partial charge on any atom is 0.238 e. The van der Waals surface area contributed by atoms with Crippen LogP contribution in [-0.2, 0) is 37.1 Å². The van der Waals surface area contributed by atoms with Crippen LogP contribution in [-0.4, -0.2) is 32.3 Å². The minimum atomic E-state index is 0.0213. The van der Waals surface area contributed by atoms with E-state index >= 15 is 0 Å². The SMILES string of the molecule is O=C(CCl)N(Cc1ccc2c(c1)CCCC2)C1CCc2cncn2C1. The van der Waals surface area contributed by atoms with Gasteiger partial charge in [-0.1, -0.05) is 18.2 Å². The van der Waals surface area contributed by atoms with Gasteiger partial charge in [-0.05, 0) is 55.2 Å². The Morgan fingerprint density at radius 1 is 1.24 bits per heavy atom. The fourth-order valence-electron chi connectivity index (χ4n) is 4.19. The topological polar surface area (TPSA) is 38.1 Å². The first-order chi connectivity index (χ1) is 12.2. The second kappa shape index (κ2) is 7.20. The van der Waals surface area contributed by atoms with Gasteiger partial charge < -0.3 is 9.47 Å².